The van der Waals surface area contributed by atoms with Crippen LogP contribution >= 0.6 is 8.53 Å². The first-order valence-corrected chi connectivity index (χ1v) is 26.4. The van der Waals surface area contributed by atoms with E-state index in [0.29, 0.717) is 28.2 Å². The number of hydrogen-bond donors (Lipinski definition) is 0. The van der Waals surface area contributed by atoms with Crippen molar-refractivity contribution in [3.05, 3.63) is 45.8 Å². The molecule has 3 unspecified atom stereocenters. The number of halogens is 3. The summed E-state index contributed by atoms with van der Waals surface area (Å²) in [6.07, 6.45) is 0.0620. The summed E-state index contributed by atoms with van der Waals surface area (Å²) in [6.45, 7) is 29.4. The standard InChI is InChI=1S/C43H65AsF3N3O8P/c1-28(2)49(29(3)4)59(52-21-17-19-48)53-27-31-18-15-16-20-50(31)35-24-36-33(34(43(45,46)47)23-37(51)54-36)22-32(35)30(25-38(50,5)6)26-44(55-39(7,8)40(9,10)56-44)57-41(11,12)42(13,14)58-44/h22-25,28-29,31H,15-18,20-21,26-27H2,1-14H3/q+1. The van der Waals surface area contributed by atoms with E-state index in [1.54, 1.807) is 6.07 Å². The van der Waals surface area contributed by atoms with Crippen LogP contribution in [0.15, 0.2) is 33.5 Å². The molecule has 2 aromatic rings. The summed E-state index contributed by atoms with van der Waals surface area (Å²) in [5.41, 5.74) is -4.43. The Morgan fingerprint density at radius 2 is 1.46 bits per heavy atom. The predicted molar refractivity (Wildman–Crippen MR) is 226 cm³/mol. The van der Waals surface area contributed by atoms with Crippen LogP contribution in [0, 0.1) is 11.3 Å². The Kier molecular flexibility index (Phi) is 12.0. The van der Waals surface area contributed by atoms with E-state index >= 15 is 0 Å². The molecule has 59 heavy (non-hydrogen) atoms. The molecule has 1 aromatic heterocycles. The van der Waals surface area contributed by atoms with Crippen LogP contribution in [0.25, 0.3) is 16.5 Å². The molecule has 330 valence electrons. The molecule has 3 saturated heterocycles. The molecule has 3 atom stereocenters. The van der Waals surface area contributed by atoms with Crippen LogP contribution in [0.3, 0.4) is 0 Å². The molecule has 0 amide bonds. The maximum absolute atomic E-state index is 14.8. The van der Waals surface area contributed by atoms with E-state index in [-0.39, 0.29) is 53.9 Å². The van der Waals surface area contributed by atoms with Crippen LogP contribution in [-0.2, 0) is 30.1 Å². The average molecular weight is 915 g/mol. The summed E-state index contributed by atoms with van der Waals surface area (Å²) in [5, 5.41) is 9.15. The Hall–Kier alpha value is -1.88. The number of rotatable bonds is 11. The first-order chi connectivity index (χ1) is 27.0. The minimum atomic E-state index is -5.41. The fourth-order valence-corrected chi connectivity index (χ4v) is 23.3. The van der Waals surface area contributed by atoms with E-state index in [0.717, 1.165) is 24.9 Å². The average Bonchev–Trinajstić information content (AvgIpc) is 3.33. The fraction of sp³-hybridized carbons (Fsp3) is 0.721. The molecular weight excluding hydrogens is 849 g/mol. The number of fused-ring (bicyclic) bond motifs is 3. The fourth-order valence-electron chi connectivity index (χ4n) is 9.70. The number of quaternary nitrogens is 1. The second kappa shape index (κ2) is 15.1. The van der Waals surface area contributed by atoms with Crippen molar-refractivity contribution < 1.29 is 41.5 Å². The first-order valence-electron chi connectivity index (χ1n) is 20.8. The van der Waals surface area contributed by atoms with Gasteiger partial charge in [0.15, 0.2) is 0 Å². The molecule has 4 aliphatic heterocycles. The van der Waals surface area contributed by atoms with Crippen molar-refractivity contribution in [1.29, 1.82) is 5.26 Å². The van der Waals surface area contributed by atoms with E-state index in [2.05, 4.69) is 58.4 Å². The van der Waals surface area contributed by atoms with Crippen LogP contribution < -0.4 is 10.1 Å². The van der Waals surface area contributed by atoms with Crippen LogP contribution in [0.2, 0.25) is 5.21 Å². The van der Waals surface area contributed by atoms with Crippen molar-refractivity contribution in [3.8, 4) is 6.07 Å². The summed E-state index contributed by atoms with van der Waals surface area (Å²) < 4.78 is 94.3. The van der Waals surface area contributed by atoms with Crippen molar-refractivity contribution in [3.63, 3.8) is 0 Å². The Balaban J connectivity index is 1.59. The third-order valence-corrected chi connectivity index (χ3v) is 24.1. The molecule has 0 N–H and O–H groups in total. The number of nitrogens with zero attached hydrogens (tertiary/aromatic N) is 3. The van der Waals surface area contributed by atoms with Crippen LogP contribution in [0.4, 0.5) is 18.9 Å². The topological polar surface area (TPSA) is 113 Å². The van der Waals surface area contributed by atoms with Gasteiger partial charge in [-0.25, -0.2) is 0 Å². The van der Waals surface area contributed by atoms with E-state index in [1.807, 2.05) is 55.4 Å². The van der Waals surface area contributed by atoms with Crippen molar-refractivity contribution in [2.75, 3.05) is 19.8 Å². The summed E-state index contributed by atoms with van der Waals surface area (Å²) in [5.74, 6) is 0. The second-order valence-corrected chi connectivity index (χ2v) is 27.5. The Morgan fingerprint density at radius 1 is 0.898 bits per heavy atom. The second-order valence-electron chi connectivity index (χ2n) is 19.8. The van der Waals surface area contributed by atoms with Crippen molar-refractivity contribution in [1.82, 2.24) is 9.15 Å². The van der Waals surface area contributed by atoms with Crippen molar-refractivity contribution in [2.45, 2.75) is 180 Å². The molecule has 11 nitrogen and oxygen atoms in total. The van der Waals surface area contributed by atoms with Gasteiger partial charge in [-0.05, 0) is 0 Å². The Labute approximate surface area is 351 Å². The molecule has 6 rings (SSSR count). The normalized spacial score (nSPS) is 28.4. The molecule has 16 heteroatoms. The van der Waals surface area contributed by atoms with Gasteiger partial charge in [-0.3, -0.25) is 0 Å². The molecule has 5 heterocycles. The van der Waals surface area contributed by atoms with Gasteiger partial charge in [-0.15, -0.1) is 0 Å². The van der Waals surface area contributed by atoms with E-state index in [1.165, 1.54) is 6.07 Å². The van der Waals surface area contributed by atoms with Crippen LogP contribution in [0.5, 0.6) is 0 Å². The maximum atomic E-state index is 14.8. The molecule has 1 aromatic carbocycles. The van der Waals surface area contributed by atoms with Gasteiger partial charge in [0.05, 0.1) is 6.07 Å². The first kappa shape index (κ1) is 46.6. The van der Waals surface area contributed by atoms with Gasteiger partial charge in [-0.1, -0.05) is 0 Å². The number of allylic oxidation sites excluding steroid dienone is 1. The summed E-state index contributed by atoms with van der Waals surface area (Å²) in [4.78, 5) is 12.8. The zero-order valence-electron chi connectivity index (χ0n) is 37.3. The predicted octanol–water partition coefficient (Wildman–Crippen LogP) is 10.7. The summed E-state index contributed by atoms with van der Waals surface area (Å²) >= 11 is -5.41. The minimum absolute atomic E-state index is 0.0509. The van der Waals surface area contributed by atoms with Gasteiger partial charge < -0.3 is 0 Å². The number of benzene rings is 1. The molecular formula is C43H65AsF3N3O8P+. The van der Waals surface area contributed by atoms with Gasteiger partial charge in [0.2, 0.25) is 0 Å². The Bertz CT molecular complexity index is 2010. The molecule has 4 aliphatic rings. The number of piperidine rings is 1. The molecule has 0 bridgehead atoms. The van der Waals surface area contributed by atoms with E-state index in [4.69, 9.17) is 28.4 Å². The Morgan fingerprint density at radius 3 is 1.97 bits per heavy atom. The van der Waals surface area contributed by atoms with Crippen LogP contribution in [-0.4, -0.2) is 84.3 Å². The molecule has 0 aliphatic carbocycles. The van der Waals surface area contributed by atoms with Gasteiger partial charge in [-0.2, -0.15) is 5.26 Å². The van der Waals surface area contributed by atoms with Gasteiger partial charge in [0.25, 0.3) is 0 Å². The zero-order chi connectivity index (χ0) is 44.0. The zero-order valence-corrected chi connectivity index (χ0v) is 40.1. The third-order valence-electron chi connectivity index (χ3n) is 13.4. The third kappa shape index (κ3) is 7.91. The SMILES string of the molecule is CC(C)N(C(C)C)P(OCCC#N)OCC1CCCC[N+]12c1cc3oc(=O)cc(C(F)(F)F)c3cc1C(C[As]13(OC(C)(C)C(C)(C)O1)OC(C)(C)C(C)(C)O3)=CC2(C)C. The summed E-state index contributed by atoms with van der Waals surface area (Å²) in [6, 6.07) is 5.87. The molecule has 3 fully saturated rings. The van der Waals surface area contributed by atoms with Crippen molar-refractivity contribution in [2.24, 2.45) is 0 Å². The number of nitriles is 1. The quantitative estimate of drug-likeness (QED) is 0.0710. The van der Waals surface area contributed by atoms with Gasteiger partial charge in [0.1, 0.15) is 0 Å². The van der Waals surface area contributed by atoms with E-state index < -0.39 is 67.7 Å². The number of hydrogen-bond acceptors (Lipinski definition) is 10. The number of alkyl halides is 3. The molecule has 2 spiro atoms. The van der Waals surface area contributed by atoms with Crippen molar-refractivity contribution >= 4 is 44.6 Å². The van der Waals surface area contributed by atoms with Crippen LogP contribution in [0.1, 0.15) is 134 Å². The van der Waals surface area contributed by atoms with Gasteiger partial charge in [0, 0.05) is 0 Å². The molecule has 0 saturated carbocycles. The molecule has 0 radical (unpaired) electrons. The monoisotopic (exact) mass is 914 g/mol. The summed E-state index contributed by atoms with van der Waals surface area (Å²) in [7, 11) is -1.58. The van der Waals surface area contributed by atoms with E-state index in [9.17, 15) is 23.2 Å². The van der Waals surface area contributed by atoms with Gasteiger partial charge >= 0.3 is 341 Å².